The summed E-state index contributed by atoms with van der Waals surface area (Å²) in [5.74, 6) is 0. The Hall–Kier alpha value is -2.07. The van der Waals surface area contributed by atoms with Crippen LogP contribution in [-0.2, 0) is 37.3 Å². The van der Waals surface area contributed by atoms with Crippen LogP contribution in [0.4, 0.5) is 0 Å². The lowest BCUT2D eigenvalue weighted by atomic mass is 9.97. The van der Waals surface area contributed by atoms with Crippen LogP contribution in [0.2, 0.25) is 0 Å². The third-order valence-electron chi connectivity index (χ3n) is 7.47. The highest BCUT2D eigenvalue weighted by Crippen LogP contribution is 2.66. The smallest absolute Gasteiger partial charge is 0.387 e. The van der Waals surface area contributed by atoms with Gasteiger partial charge in [-0.1, -0.05) is 46.6 Å². The second kappa shape index (κ2) is 18.4. The Bertz CT molecular complexity index is 1670. The number of aliphatic hydroxyl groups is 2. The van der Waals surface area contributed by atoms with Gasteiger partial charge in [0, 0.05) is 18.7 Å². The van der Waals surface area contributed by atoms with Crippen LogP contribution >= 0.6 is 23.5 Å². The Morgan fingerprint density at radius 1 is 0.857 bits per heavy atom. The highest BCUT2D eigenvalue weighted by atomic mass is 31.3. The number of H-pyrrole nitrogens is 1. The first-order chi connectivity index (χ1) is 22.6. The molecule has 1 aliphatic heterocycles. The first kappa shape index (κ1) is 43.1. The summed E-state index contributed by atoms with van der Waals surface area (Å²) >= 11 is 0. The van der Waals surface area contributed by atoms with Gasteiger partial charge >= 0.3 is 29.2 Å². The van der Waals surface area contributed by atoms with Crippen LogP contribution in [0.3, 0.4) is 0 Å². The molecule has 1 aromatic heterocycles. The zero-order valence-electron chi connectivity index (χ0n) is 28.0. The van der Waals surface area contributed by atoms with Crippen molar-refractivity contribution in [2.24, 2.45) is 0 Å². The summed E-state index contributed by atoms with van der Waals surface area (Å²) in [5, 5.41) is 21.9. The van der Waals surface area contributed by atoms with E-state index in [-0.39, 0.29) is 6.42 Å². The van der Waals surface area contributed by atoms with Gasteiger partial charge in [-0.05, 0) is 73.1 Å². The lowest BCUT2D eigenvalue weighted by molar-refractivity contribution is -0.147. The van der Waals surface area contributed by atoms with E-state index >= 15 is 0 Å². The monoisotopic (exact) mass is 756 g/mol. The van der Waals surface area contributed by atoms with Gasteiger partial charge in [-0.25, -0.2) is 18.5 Å². The fourth-order valence-electron chi connectivity index (χ4n) is 4.96. The number of nitrogens with one attached hydrogen (secondary N) is 1. The minimum absolute atomic E-state index is 0.228. The molecule has 1 aromatic rings. The topological polar surface area (TPSA) is 264 Å². The maximum Gasteiger partial charge on any atom is 0.490 e. The van der Waals surface area contributed by atoms with Gasteiger partial charge in [0.2, 0.25) is 0 Å². The van der Waals surface area contributed by atoms with E-state index in [1.807, 2.05) is 11.9 Å². The van der Waals surface area contributed by atoms with Gasteiger partial charge in [-0.15, -0.1) is 0 Å². The van der Waals surface area contributed by atoms with E-state index in [2.05, 4.69) is 59.1 Å². The fraction of sp³-hybridized carbons (Fsp3) is 0.586. The number of aromatic amines is 1. The predicted octanol–water partition coefficient (Wildman–Crippen LogP) is 4.19. The van der Waals surface area contributed by atoms with Crippen LogP contribution in [-0.4, -0.2) is 64.3 Å². The van der Waals surface area contributed by atoms with Gasteiger partial charge in [-0.2, -0.15) is 8.62 Å². The quantitative estimate of drug-likeness (QED) is 0.0771. The molecule has 0 bridgehead atoms. The molecule has 1 fully saturated rings. The van der Waals surface area contributed by atoms with Crippen molar-refractivity contribution in [2.45, 2.75) is 104 Å². The van der Waals surface area contributed by atoms with E-state index in [1.54, 1.807) is 6.08 Å². The molecule has 1 aliphatic rings. The SMILES string of the molecule is CC(C)=CCC/C(C)=C/CCC(C)=CCC/C(C)=C/C[C@@]1(n2ccc(=O)[nH]c2=O)O[C@H](COP(=O)(O)OP(=O)(O)OP(=O)(O)O)[C@@H](O)[C@H]1O. The summed E-state index contributed by atoms with van der Waals surface area (Å²) < 4.78 is 53.4. The molecule has 0 saturated carbocycles. The van der Waals surface area contributed by atoms with E-state index in [0.717, 1.165) is 48.1 Å². The highest BCUT2D eigenvalue weighted by Gasteiger charge is 2.56. The van der Waals surface area contributed by atoms with Crippen molar-refractivity contribution in [3.8, 4) is 0 Å². The van der Waals surface area contributed by atoms with Gasteiger partial charge < -0.3 is 34.5 Å². The van der Waals surface area contributed by atoms with Crippen LogP contribution in [0, 0.1) is 0 Å². The third kappa shape index (κ3) is 14.6. The summed E-state index contributed by atoms with van der Waals surface area (Å²) in [6.45, 7) is 9.07. The lowest BCUT2D eigenvalue weighted by Gasteiger charge is -2.33. The van der Waals surface area contributed by atoms with Crippen LogP contribution in [0.1, 0.15) is 79.6 Å². The van der Waals surface area contributed by atoms with E-state index in [4.69, 9.17) is 14.5 Å². The summed E-state index contributed by atoms with van der Waals surface area (Å²) in [5.41, 5.74) is 0.880. The number of hydrogen-bond donors (Lipinski definition) is 7. The summed E-state index contributed by atoms with van der Waals surface area (Å²) in [6.07, 6.45) is 8.80. The molecule has 7 N–H and O–H groups in total. The van der Waals surface area contributed by atoms with Crippen LogP contribution in [0.15, 0.2) is 68.4 Å². The number of ether oxygens (including phenoxy) is 1. The molecule has 1 saturated heterocycles. The Morgan fingerprint density at radius 3 is 1.90 bits per heavy atom. The number of aliphatic hydroxyl groups excluding tert-OH is 2. The number of nitrogens with zero attached hydrogens (tertiary/aromatic N) is 1. The van der Waals surface area contributed by atoms with Crippen molar-refractivity contribution in [1.29, 1.82) is 0 Å². The number of phosphoric ester groups is 1. The second-order valence-corrected chi connectivity index (χ2v) is 16.5. The molecule has 2 rings (SSSR count). The predicted molar refractivity (Wildman–Crippen MR) is 179 cm³/mol. The molecule has 2 heterocycles. The molecule has 20 heteroatoms. The minimum atomic E-state index is -5.81. The molecule has 278 valence electrons. The maximum absolute atomic E-state index is 12.8. The van der Waals surface area contributed by atoms with E-state index in [0.29, 0.717) is 12.8 Å². The van der Waals surface area contributed by atoms with E-state index in [1.165, 1.54) is 16.7 Å². The Balaban J connectivity index is 2.16. The number of allylic oxidation sites excluding steroid dienone is 7. The Kier molecular flexibility index (Phi) is 16.2. The Labute approximate surface area is 284 Å². The van der Waals surface area contributed by atoms with Gasteiger partial charge in [0.25, 0.3) is 5.56 Å². The summed E-state index contributed by atoms with van der Waals surface area (Å²) in [7, 11) is -17.0. The first-order valence-corrected chi connectivity index (χ1v) is 19.8. The van der Waals surface area contributed by atoms with Gasteiger partial charge in [0.05, 0.1) is 6.61 Å². The van der Waals surface area contributed by atoms with Crippen LogP contribution in [0.25, 0.3) is 0 Å². The van der Waals surface area contributed by atoms with E-state index in [9.17, 15) is 43.3 Å². The third-order valence-corrected chi connectivity index (χ3v) is 11.3. The average molecular weight is 757 g/mol. The van der Waals surface area contributed by atoms with Gasteiger partial charge in [0.1, 0.15) is 18.3 Å². The van der Waals surface area contributed by atoms with Crippen molar-refractivity contribution >= 4 is 23.5 Å². The number of rotatable bonds is 19. The van der Waals surface area contributed by atoms with Crippen LogP contribution < -0.4 is 11.2 Å². The van der Waals surface area contributed by atoms with Crippen molar-refractivity contribution in [2.75, 3.05) is 6.61 Å². The van der Waals surface area contributed by atoms with Crippen molar-refractivity contribution in [3.63, 3.8) is 0 Å². The van der Waals surface area contributed by atoms with Crippen molar-refractivity contribution in [3.05, 3.63) is 79.7 Å². The molecule has 17 nitrogen and oxygen atoms in total. The molecule has 0 aliphatic carbocycles. The maximum atomic E-state index is 12.8. The lowest BCUT2D eigenvalue weighted by Crippen LogP contribution is -2.51. The normalized spacial score (nSPS) is 24.8. The summed E-state index contributed by atoms with van der Waals surface area (Å²) in [4.78, 5) is 63.2. The first-order valence-electron chi connectivity index (χ1n) is 15.3. The zero-order chi connectivity index (χ0) is 37.2. The summed E-state index contributed by atoms with van der Waals surface area (Å²) in [6, 6.07) is 0.981. The molecule has 6 atom stereocenters. The molecule has 2 unspecified atom stereocenters. The largest absolute Gasteiger partial charge is 0.490 e. The number of phosphoric acid groups is 3. The number of aromatic nitrogens is 2. The van der Waals surface area contributed by atoms with Gasteiger partial charge in [0.15, 0.2) is 5.72 Å². The van der Waals surface area contributed by atoms with Crippen molar-refractivity contribution < 1.29 is 61.4 Å². The molecule has 0 aromatic carbocycles. The van der Waals surface area contributed by atoms with E-state index < -0.39 is 65.4 Å². The average Bonchev–Trinajstić information content (AvgIpc) is 3.18. The molecular formula is C29H47N2O15P3. The minimum Gasteiger partial charge on any atom is -0.387 e. The molecular weight excluding hydrogens is 709 g/mol. The molecule has 0 radical (unpaired) electrons. The highest BCUT2D eigenvalue weighted by molar-refractivity contribution is 7.66. The van der Waals surface area contributed by atoms with Crippen molar-refractivity contribution in [1.82, 2.24) is 9.55 Å². The zero-order valence-corrected chi connectivity index (χ0v) is 30.7. The molecule has 0 amide bonds. The molecule has 49 heavy (non-hydrogen) atoms. The van der Waals surface area contributed by atoms with Gasteiger partial charge in [-0.3, -0.25) is 18.9 Å². The standard InChI is InChI=1S/C29H47N2O15P3/c1-20(2)9-6-10-21(3)11-7-12-22(4)13-8-14-23(5)15-17-29(31-18-16-25(32)30-28(31)35)27(34)26(33)24(44-29)19-43-48(39,40)46-49(41,42)45-47(36,37)38/h9,11,13,15-16,18,24,26-27,33-34H,6-8,10,12,14,17,19H2,1-5H3,(H,39,40)(H,41,42)(H,30,32,35)(H2,36,37,38)/b21-11+,22-13?,23-15+/t24-,26-,27-,29-/m1/s1. The number of hydrogen-bond acceptors (Lipinski definition) is 11. The Morgan fingerprint density at radius 2 is 1.39 bits per heavy atom. The molecule has 0 spiro atoms. The second-order valence-electron chi connectivity index (χ2n) is 12.1. The fourth-order valence-corrected chi connectivity index (χ4v) is 7.99. The van der Waals surface area contributed by atoms with Crippen LogP contribution in [0.5, 0.6) is 0 Å².